The molecule has 0 unspecified atom stereocenters. The molecule has 0 fully saturated rings. The summed E-state index contributed by atoms with van der Waals surface area (Å²) >= 11 is 1.11. The van der Waals surface area contributed by atoms with Crippen molar-refractivity contribution >= 4 is 11.8 Å². The number of aromatic amines is 1. The van der Waals surface area contributed by atoms with E-state index in [1.54, 1.807) is 12.3 Å². The molecule has 1 heterocycles. The number of H-pyrrole nitrogens is 1. The topological polar surface area (TPSA) is 78.8 Å². The van der Waals surface area contributed by atoms with Gasteiger partial charge in [0.1, 0.15) is 17.4 Å². The number of nitrogens with zero attached hydrogens (tertiary/aromatic N) is 2. The van der Waals surface area contributed by atoms with Crippen LogP contribution in [-0.2, 0) is 0 Å². The minimum absolute atomic E-state index is 0.00260. The van der Waals surface area contributed by atoms with Crippen LogP contribution in [0.2, 0.25) is 0 Å². The van der Waals surface area contributed by atoms with Crippen LogP contribution in [0, 0.1) is 29.9 Å². The third-order valence-electron chi connectivity index (χ3n) is 3.08. The standard InChI is InChI=1S/C14H11F2N3O2S/c1-6-9(21-2)4-7(11(16)10(6)15)12-8(5-17)13(20)19-14(18-12)22-3/h4H,1-3H3,(H,18,19,20). The van der Waals surface area contributed by atoms with Gasteiger partial charge in [-0.1, -0.05) is 11.8 Å². The van der Waals surface area contributed by atoms with Gasteiger partial charge in [-0.2, -0.15) is 5.26 Å². The molecule has 0 radical (unpaired) electrons. The van der Waals surface area contributed by atoms with Crippen molar-refractivity contribution in [1.82, 2.24) is 9.97 Å². The van der Waals surface area contributed by atoms with E-state index in [9.17, 15) is 13.6 Å². The number of hydrogen-bond donors (Lipinski definition) is 1. The number of nitrogens with one attached hydrogen (secondary N) is 1. The predicted molar refractivity (Wildman–Crippen MR) is 78.0 cm³/mol. The summed E-state index contributed by atoms with van der Waals surface area (Å²) in [4.78, 5) is 18.3. The molecular weight excluding hydrogens is 312 g/mol. The van der Waals surface area contributed by atoms with E-state index >= 15 is 0 Å². The van der Waals surface area contributed by atoms with Crippen LogP contribution >= 0.6 is 11.8 Å². The summed E-state index contributed by atoms with van der Waals surface area (Å²) in [7, 11) is 1.31. The van der Waals surface area contributed by atoms with Crippen LogP contribution in [-0.4, -0.2) is 23.3 Å². The number of benzene rings is 1. The normalized spacial score (nSPS) is 10.4. The smallest absolute Gasteiger partial charge is 0.270 e. The van der Waals surface area contributed by atoms with Crippen LogP contribution in [0.4, 0.5) is 8.78 Å². The summed E-state index contributed by atoms with van der Waals surface area (Å²) in [6.07, 6.45) is 1.65. The highest BCUT2D eigenvalue weighted by molar-refractivity contribution is 7.98. The number of hydrogen-bond acceptors (Lipinski definition) is 5. The lowest BCUT2D eigenvalue weighted by atomic mass is 10.0. The number of halogens is 2. The van der Waals surface area contributed by atoms with Crippen LogP contribution in [0.15, 0.2) is 16.0 Å². The van der Waals surface area contributed by atoms with Gasteiger partial charge in [-0.15, -0.1) is 0 Å². The molecule has 1 N–H and O–H groups in total. The Morgan fingerprint density at radius 1 is 1.41 bits per heavy atom. The summed E-state index contributed by atoms with van der Waals surface area (Å²) in [6, 6.07) is 2.89. The van der Waals surface area contributed by atoms with Crippen molar-refractivity contribution in [2.75, 3.05) is 13.4 Å². The van der Waals surface area contributed by atoms with Gasteiger partial charge in [0.2, 0.25) is 0 Å². The lowest BCUT2D eigenvalue weighted by Crippen LogP contribution is -2.15. The van der Waals surface area contributed by atoms with Crippen molar-refractivity contribution < 1.29 is 13.5 Å². The number of nitriles is 1. The molecule has 0 aliphatic heterocycles. The average molecular weight is 323 g/mol. The van der Waals surface area contributed by atoms with Gasteiger partial charge in [0.15, 0.2) is 16.8 Å². The Kier molecular flexibility index (Phi) is 4.47. The van der Waals surface area contributed by atoms with Gasteiger partial charge in [-0.05, 0) is 19.2 Å². The van der Waals surface area contributed by atoms with E-state index in [1.807, 2.05) is 0 Å². The number of thioether (sulfide) groups is 1. The van der Waals surface area contributed by atoms with Gasteiger partial charge in [-0.25, -0.2) is 13.8 Å². The van der Waals surface area contributed by atoms with E-state index in [1.165, 1.54) is 20.1 Å². The van der Waals surface area contributed by atoms with E-state index in [0.29, 0.717) is 0 Å². The number of methoxy groups -OCH3 is 1. The molecule has 1 aromatic carbocycles. The summed E-state index contributed by atoms with van der Waals surface area (Å²) in [5.74, 6) is -2.18. The summed E-state index contributed by atoms with van der Waals surface area (Å²) in [5.41, 5.74) is -1.61. The van der Waals surface area contributed by atoms with Crippen LogP contribution in [0.5, 0.6) is 5.75 Å². The zero-order valence-electron chi connectivity index (χ0n) is 12.0. The molecule has 5 nitrogen and oxygen atoms in total. The van der Waals surface area contributed by atoms with Crippen LogP contribution < -0.4 is 10.3 Å². The molecule has 2 rings (SSSR count). The fourth-order valence-corrected chi connectivity index (χ4v) is 2.30. The first kappa shape index (κ1) is 16.0. The van der Waals surface area contributed by atoms with E-state index in [4.69, 9.17) is 10.00 Å². The lowest BCUT2D eigenvalue weighted by Gasteiger charge is -2.11. The van der Waals surface area contributed by atoms with Gasteiger partial charge in [-0.3, -0.25) is 4.79 Å². The Labute approximate surface area is 129 Å². The van der Waals surface area contributed by atoms with Crippen molar-refractivity contribution in [3.05, 3.63) is 39.2 Å². The number of rotatable bonds is 3. The maximum Gasteiger partial charge on any atom is 0.270 e. The highest BCUT2D eigenvalue weighted by Gasteiger charge is 2.22. The lowest BCUT2D eigenvalue weighted by molar-refractivity contribution is 0.402. The fourth-order valence-electron chi connectivity index (χ4n) is 1.93. The van der Waals surface area contributed by atoms with Gasteiger partial charge >= 0.3 is 0 Å². The third kappa shape index (κ3) is 2.55. The van der Waals surface area contributed by atoms with Crippen molar-refractivity contribution in [2.24, 2.45) is 0 Å². The summed E-state index contributed by atoms with van der Waals surface area (Å²) < 4.78 is 33.2. The Hall–Kier alpha value is -2.40. The molecule has 22 heavy (non-hydrogen) atoms. The first-order valence-corrected chi connectivity index (χ1v) is 7.28. The fraction of sp³-hybridized carbons (Fsp3) is 0.214. The molecule has 2 aromatic rings. The highest BCUT2D eigenvalue weighted by Crippen LogP contribution is 2.32. The zero-order chi connectivity index (χ0) is 16.4. The Balaban J connectivity index is 2.88. The molecule has 0 spiro atoms. The largest absolute Gasteiger partial charge is 0.496 e. The molecule has 0 aliphatic rings. The molecule has 0 amide bonds. The second kappa shape index (κ2) is 6.15. The monoisotopic (exact) mass is 323 g/mol. The quantitative estimate of drug-likeness (QED) is 0.694. The molecule has 0 saturated carbocycles. The van der Waals surface area contributed by atoms with Gasteiger partial charge < -0.3 is 9.72 Å². The van der Waals surface area contributed by atoms with Crippen molar-refractivity contribution in [3.8, 4) is 23.1 Å². The van der Waals surface area contributed by atoms with Crippen LogP contribution in [0.25, 0.3) is 11.3 Å². The first-order valence-electron chi connectivity index (χ1n) is 6.06. The minimum atomic E-state index is -1.18. The number of ether oxygens (including phenoxy) is 1. The molecule has 0 aliphatic carbocycles. The maximum atomic E-state index is 14.2. The van der Waals surface area contributed by atoms with Gasteiger partial charge in [0.25, 0.3) is 5.56 Å². The highest BCUT2D eigenvalue weighted by atomic mass is 32.2. The maximum absolute atomic E-state index is 14.2. The minimum Gasteiger partial charge on any atom is -0.496 e. The molecule has 114 valence electrons. The second-order valence-electron chi connectivity index (χ2n) is 4.29. The van der Waals surface area contributed by atoms with Crippen molar-refractivity contribution in [2.45, 2.75) is 12.1 Å². The summed E-state index contributed by atoms with van der Waals surface area (Å²) in [5, 5.41) is 9.29. The Morgan fingerprint density at radius 3 is 2.64 bits per heavy atom. The molecular formula is C14H11F2N3O2S. The Bertz CT molecular complexity index is 843. The molecule has 0 bridgehead atoms. The summed E-state index contributed by atoms with van der Waals surface area (Å²) in [6.45, 7) is 1.37. The van der Waals surface area contributed by atoms with E-state index in [-0.39, 0.29) is 33.3 Å². The Morgan fingerprint density at radius 2 is 2.09 bits per heavy atom. The molecule has 0 atom stereocenters. The zero-order valence-corrected chi connectivity index (χ0v) is 12.8. The number of aromatic nitrogens is 2. The second-order valence-corrected chi connectivity index (χ2v) is 5.08. The predicted octanol–water partition coefficient (Wildman–Crippen LogP) is 2.63. The molecule has 0 saturated heterocycles. The van der Waals surface area contributed by atoms with Gasteiger partial charge in [0.05, 0.1) is 12.8 Å². The molecule has 8 heteroatoms. The first-order chi connectivity index (χ1) is 10.4. The van der Waals surface area contributed by atoms with Crippen molar-refractivity contribution in [3.63, 3.8) is 0 Å². The third-order valence-corrected chi connectivity index (χ3v) is 3.66. The van der Waals surface area contributed by atoms with Crippen LogP contribution in [0.1, 0.15) is 11.1 Å². The van der Waals surface area contributed by atoms with Crippen molar-refractivity contribution in [1.29, 1.82) is 5.26 Å². The van der Waals surface area contributed by atoms with E-state index in [0.717, 1.165) is 11.8 Å². The van der Waals surface area contributed by atoms with Gasteiger partial charge in [0, 0.05) is 11.1 Å². The average Bonchev–Trinajstić information content (AvgIpc) is 2.52. The van der Waals surface area contributed by atoms with E-state index in [2.05, 4.69) is 9.97 Å². The van der Waals surface area contributed by atoms with E-state index < -0.39 is 17.2 Å². The molecule has 1 aromatic heterocycles. The van der Waals surface area contributed by atoms with Crippen LogP contribution in [0.3, 0.4) is 0 Å². The SMILES string of the molecule is COc1cc(-c2nc(SC)[nH]c(=O)c2C#N)c(F)c(F)c1C.